The maximum atomic E-state index is 5.42. The highest BCUT2D eigenvalue weighted by molar-refractivity contribution is 4.87. The molecule has 3 nitrogen and oxygen atoms in total. The van der Waals surface area contributed by atoms with E-state index in [4.69, 9.17) is 4.74 Å². The Kier molecular flexibility index (Phi) is 5.14. The molecule has 1 unspecified atom stereocenters. The van der Waals surface area contributed by atoms with Crippen molar-refractivity contribution in [2.75, 3.05) is 39.4 Å². The number of ether oxygens (including phenoxy) is 1. The van der Waals surface area contributed by atoms with Crippen LogP contribution in [0.3, 0.4) is 0 Å². The van der Waals surface area contributed by atoms with Crippen LogP contribution in [0.15, 0.2) is 0 Å². The molecule has 1 saturated carbocycles. The van der Waals surface area contributed by atoms with Crippen molar-refractivity contribution in [2.45, 2.75) is 51.0 Å². The molecule has 3 heteroatoms. The number of hydrogen-bond donors (Lipinski definition) is 1. The summed E-state index contributed by atoms with van der Waals surface area (Å²) >= 11 is 0. The van der Waals surface area contributed by atoms with E-state index in [9.17, 15) is 0 Å². The van der Waals surface area contributed by atoms with Crippen LogP contribution < -0.4 is 5.32 Å². The topological polar surface area (TPSA) is 24.5 Å². The van der Waals surface area contributed by atoms with Crippen molar-refractivity contribution in [3.8, 4) is 0 Å². The van der Waals surface area contributed by atoms with Gasteiger partial charge >= 0.3 is 0 Å². The fraction of sp³-hybridized carbons (Fsp3) is 1.00. The van der Waals surface area contributed by atoms with Gasteiger partial charge in [-0.1, -0.05) is 12.8 Å². The highest BCUT2D eigenvalue weighted by Crippen LogP contribution is 2.34. The lowest BCUT2D eigenvalue weighted by Crippen LogP contribution is -2.49. The molecule has 0 amide bonds. The van der Waals surface area contributed by atoms with E-state index in [1.807, 2.05) is 0 Å². The van der Waals surface area contributed by atoms with Crippen molar-refractivity contribution in [2.24, 2.45) is 11.8 Å². The van der Waals surface area contributed by atoms with Crippen LogP contribution in [0.1, 0.15) is 44.9 Å². The van der Waals surface area contributed by atoms with Crippen molar-refractivity contribution in [1.82, 2.24) is 10.2 Å². The normalized spacial score (nSPS) is 36.3. The first-order chi connectivity index (χ1) is 9.43. The van der Waals surface area contributed by atoms with Gasteiger partial charge < -0.3 is 10.1 Å². The Morgan fingerprint density at radius 1 is 1.05 bits per heavy atom. The van der Waals surface area contributed by atoms with E-state index in [1.165, 1.54) is 64.6 Å². The van der Waals surface area contributed by atoms with Crippen LogP contribution in [0.25, 0.3) is 0 Å². The molecule has 110 valence electrons. The summed E-state index contributed by atoms with van der Waals surface area (Å²) in [4.78, 5) is 2.78. The molecule has 3 atom stereocenters. The van der Waals surface area contributed by atoms with Crippen LogP contribution in [0.5, 0.6) is 0 Å². The summed E-state index contributed by atoms with van der Waals surface area (Å²) in [6.45, 7) is 6.87. The molecule has 3 fully saturated rings. The van der Waals surface area contributed by atoms with Crippen molar-refractivity contribution in [3.63, 3.8) is 0 Å². The lowest BCUT2D eigenvalue weighted by Gasteiger charge is -2.44. The van der Waals surface area contributed by atoms with Gasteiger partial charge in [-0.2, -0.15) is 0 Å². The van der Waals surface area contributed by atoms with Crippen LogP contribution in [0.4, 0.5) is 0 Å². The quantitative estimate of drug-likeness (QED) is 0.773. The standard InChI is InChI=1S/C16H30N2O/c1-2-6-16-15(4-1)5-3-9-18(16)10-8-17-12-14-7-11-19-13-14/h14-17H,1-13H2/t14?,15-,16-/m1/s1. The summed E-state index contributed by atoms with van der Waals surface area (Å²) in [5.41, 5.74) is 0. The second-order valence-corrected chi connectivity index (χ2v) is 6.72. The van der Waals surface area contributed by atoms with E-state index >= 15 is 0 Å². The van der Waals surface area contributed by atoms with Crippen LogP contribution >= 0.6 is 0 Å². The molecule has 0 spiro atoms. The molecule has 1 aliphatic carbocycles. The highest BCUT2D eigenvalue weighted by Gasteiger charge is 2.32. The average molecular weight is 266 g/mol. The van der Waals surface area contributed by atoms with Gasteiger partial charge in [-0.05, 0) is 50.5 Å². The Labute approximate surface area is 118 Å². The molecule has 0 aromatic rings. The summed E-state index contributed by atoms with van der Waals surface area (Å²) in [5, 5.41) is 3.65. The van der Waals surface area contributed by atoms with Gasteiger partial charge in [0, 0.05) is 32.3 Å². The van der Waals surface area contributed by atoms with E-state index in [1.54, 1.807) is 0 Å². The molecule has 3 rings (SSSR count). The monoisotopic (exact) mass is 266 g/mol. The summed E-state index contributed by atoms with van der Waals surface area (Å²) < 4.78 is 5.42. The minimum atomic E-state index is 0.767. The molecular weight excluding hydrogens is 236 g/mol. The van der Waals surface area contributed by atoms with Crippen molar-refractivity contribution in [3.05, 3.63) is 0 Å². The highest BCUT2D eigenvalue weighted by atomic mass is 16.5. The van der Waals surface area contributed by atoms with Gasteiger partial charge in [0.05, 0.1) is 6.61 Å². The number of likely N-dealkylation sites (tertiary alicyclic amines) is 1. The summed E-state index contributed by atoms with van der Waals surface area (Å²) in [6, 6.07) is 0.916. The predicted molar refractivity (Wildman–Crippen MR) is 78.3 cm³/mol. The molecule has 19 heavy (non-hydrogen) atoms. The van der Waals surface area contributed by atoms with Gasteiger partial charge in [-0.25, -0.2) is 0 Å². The van der Waals surface area contributed by atoms with E-state index in [0.29, 0.717) is 0 Å². The number of fused-ring (bicyclic) bond motifs is 1. The molecule has 0 bridgehead atoms. The van der Waals surface area contributed by atoms with Gasteiger partial charge in [0.25, 0.3) is 0 Å². The number of hydrogen-bond acceptors (Lipinski definition) is 3. The first-order valence-corrected chi connectivity index (χ1v) is 8.46. The zero-order chi connectivity index (χ0) is 12.9. The zero-order valence-electron chi connectivity index (χ0n) is 12.3. The van der Waals surface area contributed by atoms with Crippen LogP contribution in [-0.4, -0.2) is 50.3 Å². The molecule has 3 aliphatic rings. The number of piperidine rings is 1. The van der Waals surface area contributed by atoms with Gasteiger partial charge in [-0.3, -0.25) is 4.90 Å². The Morgan fingerprint density at radius 3 is 2.84 bits per heavy atom. The van der Waals surface area contributed by atoms with Crippen molar-refractivity contribution < 1.29 is 4.74 Å². The largest absolute Gasteiger partial charge is 0.381 e. The van der Waals surface area contributed by atoms with Gasteiger partial charge in [-0.15, -0.1) is 0 Å². The van der Waals surface area contributed by atoms with Crippen LogP contribution in [-0.2, 0) is 4.74 Å². The zero-order valence-corrected chi connectivity index (χ0v) is 12.3. The molecular formula is C16H30N2O. The second-order valence-electron chi connectivity index (χ2n) is 6.72. The van der Waals surface area contributed by atoms with E-state index in [2.05, 4.69) is 10.2 Å². The SMILES string of the molecule is C1CC[C@@H]2[C@H](C1)CCCN2CCNCC1CCOC1. The minimum Gasteiger partial charge on any atom is -0.381 e. The number of rotatable bonds is 5. The third-order valence-corrected chi connectivity index (χ3v) is 5.39. The maximum Gasteiger partial charge on any atom is 0.0507 e. The van der Waals surface area contributed by atoms with E-state index < -0.39 is 0 Å². The molecule has 0 aromatic carbocycles. The average Bonchev–Trinajstić information content (AvgIpc) is 2.97. The fourth-order valence-corrected chi connectivity index (χ4v) is 4.28. The first-order valence-electron chi connectivity index (χ1n) is 8.46. The smallest absolute Gasteiger partial charge is 0.0507 e. The van der Waals surface area contributed by atoms with Gasteiger partial charge in [0.15, 0.2) is 0 Å². The maximum absolute atomic E-state index is 5.42. The lowest BCUT2D eigenvalue weighted by atomic mass is 9.78. The summed E-state index contributed by atoms with van der Waals surface area (Å²) in [7, 11) is 0. The van der Waals surface area contributed by atoms with E-state index in [-0.39, 0.29) is 0 Å². The van der Waals surface area contributed by atoms with Crippen molar-refractivity contribution in [1.29, 1.82) is 0 Å². The predicted octanol–water partition coefficient (Wildman–Crippen LogP) is 2.27. The molecule has 1 N–H and O–H groups in total. The lowest BCUT2D eigenvalue weighted by molar-refractivity contribution is 0.0616. The Morgan fingerprint density at radius 2 is 1.95 bits per heavy atom. The third-order valence-electron chi connectivity index (χ3n) is 5.39. The Bertz CT molecular complexity index is 263. The molecule has 2 heterocycles. The second kappa shape index (κ2) is 7.05. The van der Waals surface area contributed by atoms with E-state index in [0.717, 1.165) is 37.6 Å². The molecule has 2 saturated heterocycles. The summed E-state index contributed by atoms with van der Waals surface area (Å²) in [5.74, 6) is 1.79. The Hall–Kier alpha value is -0.120. The molecule has 0 radical (unpaired) electrons. The first kappa shape index (κ1) is 13.8. The summed E-state index contributed by atoms with van der Waals surface area (Å²) in [6.07, 6.45) is 10.1. The minimum absolute atomic E-state index is 0.767. The number of nitrogens with zero attached hydrogens (tertiary/aromatic N) is 1. The molecule has 0 aromatic heterocycles. The van der Waals surface area contributed by atoms with Crippen LogP contribution in [0, 0.1) is 11.8 Å². The van der Waals surface area contributed by atoms with Crippen molar-refractivity contribution >= 4 is 0 Å². The van der Waals surface area contributed by atoms with Gasteiger partial charge in [0.2, 0.25) is 0 Å². The fourth-order valence-electron chi connectivity index (χ4n) is 4.28. The Balaban J connectivity index is 1.36. The van der Waals surface area contributed by atoms with Crippen LogP contribution in [0.2, 0.25) is 0 Å². The van der Waals surface area contributed by atoms with Gasteiger partial charge in [0.1, 0.15) is 0 Å². The third kappa shape index (κ3) is 3.71. The molecule has 2 aliphatic heterocycles. The number of nitrogens with one attached hydrogen (secondary N) is 1.